The Morgan fingerprint density at radius 3 is 2.58 bits per heavy atom. The highest BCUT2D eigenvalue weighted by molar-refractivity contribution is 6.03. The van der Waals surface area contributed by atoms with Crippen LogP contribution in [0.25, 0.3) is 16.8 Å². The number of ether oxygens (including phenoxy) is 1. The van der Waals surface area contributed by atoms with Crippen LogP contribution < -0.4 is 10.2 Å². The largest absolute Gasteiger partial charge is 0.378 e. The Labute approximate surface area is 210 Å². The number of pyridine rings is 1. The molecule has 0 aliphatic carbocycles. The first-order valence-corrected chi connectivity index (χ1v) is 12.0. The fourth-order valence-corrected chi connectivity index (χ4v) is 4.05. The predicted octanol–water partition coefficient (Wildman–Crippen LogP) is 4.62. The number of aryl methyl sites for hydroxylation is 1. The van der Waals surface area contributed by atoms with Crippen LogP contribution in [0.3, 0.4) is 0 Å². The first kappa shape index (κ1) is 23.7. The number of aromatic nitrogens is 4. The molecule has 186 valence electrons. The van der Waals surface area contributed by atoms with Crippen LogP contribution in [0.5, 0.6) is 0 Å². The van der Waals surface area contributed by atoms with Gasteiger partial charge >= 0.3 is 0 Å². The summed E-state index contributed by atoms with van der Waals surface area (Å²) in [4.78, 5) is 19.5. The van der Waals surface area contributed by atoms with Crippen LogP contribution >= 0.6 is 0 Å². The average Bonchev–Trinajstić information content (AvgIpc) is 3.57. The molecule has 0 atom stereocenters. The molecule has 4 heterocycles. The Morgan fingerprint density at radius 2 is 1.83 bits per heavy atom. The number of morpholine rings is 1. The third-order valence-electron chi connectivity index (χ3n) is 6.21. The number of carbonyl (C=O) groups is 1. The predicted molar refractivity (Wildman–Crippen MR) is 138 cm³/mol. The van der Waals surface area contributed by atoms with E-state index in [1.54, 1.807) is 6.07 Å². The number of nitrogens with one attached hydrogen (secondary N) is 1. The minimum Gasteiger partial charge on any atom is -0.378 e. The Bertz CT molecular complexity index is 1380. The smallest absolute Gasteiger partial charge is 0.277 e. The quantitative estimate of drug-likeness (QED) is 0.440. The van der Waals surface area contributed by atoms with E-state index in [0.717, 1.165) is 54.4 Å². The lowest BCUT2D eigenvalue weighted by atomic mass is 9.93. The maximum absolute atomic E-state index is 12.8. The second kappa shape index (κ2) is 9.58. The lowest BCUT2D eigenvalue weighted by Gasteiger charge is -2.28. The highest BCUT2D eigenvalue weighted by atomic mass is 16.5. The molecule has 0 saturated carbocycles. The molecule has 9 heteroatoms. The van der Waals surface area contributed by atoms with Crippen molar-refractivity contribution in [1.29, 1.82) is 0 Å². The minimum atomic E-state index is -0.323. The molecule has 5 rings (SSSR count). The molecular formula is C27H30N6O3. The summed E-state index contributed by atoms with van der Waals surface area (Å²) in [5.41, 5.74) is 5.59. The van der Waals surface area contributed by atoms with Crippen molar-refractivity contribution >= 4 is 17.3 Å². The maximum Gasteiger partial charge on any atom is 0.277 e. The summed E-state index contributed by atoms with van der Waals surface area (Å²) in [5.74, 6) is 0.338. The lowest BCUT2D eigenvalue weighted by molar-refractivity contribution is 0.101. The molecule has 1 amide bonds. The molecule has 0 bridgehead atoms. The number of rotatable bonds is 5. The molecule has 1 aromatic carbocycles. The standard InChI is InChI=1S/C27H30N6O3/c1-18-5-6-21(30-26(34)23-13-25(36-31-23)27(2,3)4)12-24(18)33-17-20(15-29-33)19-11-22(16-28-14-19)32-7-9-35-10-8-32/h5-6,11-17H,7-10H2,1-4H3,(H,30,34). The summed E-state index contributed by atoms with van der Waals surface area (Å²) in [6.07, 6.45) is 7.53. The van der Waals surface area contributed by atoms with E-state index in [-0.39, 0.29) is 17.0 Å². The molecule has 4 aromatic rings. The van der Waals surface area contributed by atoms with E-state index in [2.05, 4.69) is 31.5 Å². The van der Waals surface area contributed by atoms with Crippen molar-refractivity contribution in [2.75, 3.05) is 36.5 Å². The van der Waals surface area contributed by atoms with Gasteiger partial charge in [0.15, 0.2) is 5.69 Å². The monoisotopic (exact) mass is 486 g/mol. The fraction of sp³-hybridized carbons (Fsp3) is 0.333. The van der Waals surface area contributed by atoms with Crippen molar-refractivity contribution in [2.45, 2.75) is 33.1 Å². The molecular weight excluding hydrogens is 456 g/mol. The normalized spacial score (nSPS) is 14.2. The Morgan fingerprint density at radius 1 is 1.03 bits per heavy atom. The molecule has 0 radical (unpaired) electrons. The van der Waals surface area contributed by atoms with E-state index < -0.39 is 0 Å². The van der Waals surface area contributed by atoms with Gasteiger partial charge in [-0.15, -0.1) is 0 Å². The third kappa shape index (κ3) is 5.01. The van der Waals surface area contributed by atoms with Gasteiger partial charge in [-0.2, -0.15) is 5.10 Å². The van der Waals surface area contributed by atoms with Gasteiger partial charge in [0, 0.05) is 53.8 Å². The van der Waals surface area contributed by atoms with Crippen LogP contribution in [-0.4, -0.2) is 52.1 Å². The topological polar surface area (TPSA) is 98.3 Å². The summed E-state index contributed by atoms with van der Waals surface area (Å²) >= 11 is 0. The van der Waals surface area contributed by atoms with Crippen molar-refractivity contribution in [2.24, 2.45) is 0 Å². The van der Waals surface area contributed by atoms with E-state index in [1.165, 1.54) is 0 Å². The van der Waals surface area contributed by atoms with Gasteiger partial charge in [-0.05, 0) is 30.7 Å². The first-order valence-electron chi connectivity index (χ1n) is 12.0. The summed E-state index contributed by atoms with van der Waals surface area (Å²) in [7, 11) is 0. The second-order valence-electron chi connectivity index (χ2n) is 9.99. The van der Waals surface area contributed by atoms with Gasteiger partial charge in [-0.25, -0.2) is 4.68 Å². The van der Waals surface area contributed by atoms with Crippen LogP contribution in [-0.2, 0) is 10.2 Å². The number of anilines is 2. The number of hydrogen-bond acceptors (Lipinski definition) is 7. The van der Waals surface area contributed by atoms with Crippen LogP contribution in [0.4, 0.5) is 11.4 Å². The van der Waals surface area contributed by atoms with Crippen molar-refractivity contribution in [3.63, 3.8) is 0 Å². The van der Waals surface area contributed by atoms with Gasteiger partial charge in [0.2, 0.25) is 0 Å². The summed E-state index contributed by atoms with van der Waals surface area (Å²) in [5, 5.41) is 11.4. The molecule has 1 fully saturated rings. The molecule has 1 N–H and O–H groups in total. The van der Waals surface area contributed by atoms with Crippen molar-refractivity contribution in [3.05, 3.63) is 72.1 Å². The Hall–Kier alpha value is -3.98. The van der Waals surface area contributed by atoms with Crippen molar-refractivity contribution < 1.29 is 14.1 Å². The van der Waals surface area contributed by atoms with Gasteiger partial charge in [0.05, 0.1) is 37.0 Å². The van der Waals surface area contributed by atoms with E-state index >= 15 is 0 Å². The zero-order valence-electron chi connectivity index (χ0n) is 21.0. The molecule has 9 nitrogen and oxygen atoms in total. The zero-order valence-corrected chi connectivity index (χ0v) is 21.0. The number of benzene rings is 1. The van der Waals surface area contributed by atoms with Crippen LogP contribution in [0.1, 0.15) is 42.6 Å². The van der Waals surface area contributed by atoms with Crippen LogP contribution in [0, 0.1) is 6.92 Å². The first-order chi connectivity index (χ1) is 17.3. The van der Waals surface area contributed by atoms with Crippen molar-refractivity contribution in [1.82, 2.24) is 19.9 Å². The van der Waals surface area contributed by atoms with E-state index in [1.807, 2.05) is 75.4 Å². The number of nitrogens with zero attached hydrogens (tertiary/aromatic N) is 5. The summed E-state index contributed by atoms with van der Waals surface area (Å²) < 4.78 is 12.6. The highest BCUT2D eigenvalue weighted by Crippen LogP contribution is 2.27. The van der Waals surface area contributed by atoms with Gasteiger partial charge < -0.3 is 19.5 Å². The van der Waals surface area contributed by atoms with E-state index in [9.17, 15) is 4.79 Å². The van der Waals surface area contributed by atoms with Gasteiger partial charge in [0.1, 0.15) is 5.76 Å². The van der Waals surface area contributed by atoms with Gasteiger partial charge in [-0.3, -0.25) is 9.78 Å². The molecule has 1 aliphatic heterocycles. The fourth-order valence-electron chi connectivity index (χ4n) is 4.05. The number of hydrogen-bond donors (Lipinski definition) is 1. The van der Waals surface area contributed by atoms with E-state index in [0.29, 0.717) is 11.4 Å². The van der Waals surface area contributed by atoms with Gasteiger partial charge in [-0.1, -0.05) is 32.0 Å². The Kier molecular flexibility index (Phi) is 6.32. The van der Waals surface area contributed by atoms with Gasteiger partial charge in [0.25, 0.3) is 5.91 Å². The SMILES string of the molecule is Cc1ccc(NC(=O)c2cc(C(C)(C)C)on2)cc1-n1cc(-c2cncc(N3CCOCC3)c2)cn1. The molecule has 3 aromatic heterocycles. The van der Waals surface area contributed by atoms with Crippen LogP contribution in [0.15, 0.2) is 59.6 Å². The lowest BCUT2D eigenvalue weighted by Crippen LogP contribution is -2.36. The molecule has 1 aliphatic rings. The number of carbonyl (C=O) groups excluding carboxylic acids is 1. The molecule has 1 saturated heterocycles. The highest BCUT2D eigenvalue weighted by Gasteiger charge is 2.22. The molecule has 0 unspecified atom stereocenters. The van der Waals surface area contributed by atoms with Crippen LogP contribution in [0.2, 0.25) is 0 Å². The maximum atomic E-state index is 12.8. The molecule has 0 spiro atoms. The summed E-state index contributed by atoms with van der Waals surface area (Å²) in [6.45, 7) is 11.2. The zero-order chi connectivity index (χ0) is 25.3. The van der Waals surface area contributed by atoms with Crippen molar-refractivity contribution in [3.8, 4) is 16.8 Å². The third-order valence-corrected chi connectivity index (χ3v) is 6.21. The van der Waals surface area contributed by atoms with E-state index in [4.69, 9.17) is 9.26 Å². The average molecular weight is 487 g/mol. The minimum absolute atomic E-state index is 0.225. The Balaban J connectivity index is 1.36. The molecule has 36 heavy (non-hydrogen) atoms. The number of amides is 1. The summed E-state index contributed by atoms with van der Waals surface area (Å²) in [6, 6.07) is 9.53. The second-order valence-corrected chi connectivity index (χ2v) is 9.99.